The van der Waals surface area contributed by atoms with Crippen LogP contribution in [0.3, 0.4) is 0 Å². The highest BCUT2D eigenvalue weighted by atomic mass is 32.1. The largest absolute Gasteiger partial charge is 0.445 e. The van der Waals surface area contributed by atoms with Crippen LogP contribution in [0.1, 0.15) is 84.7 Å². The van der Waals surface area contributed by atoms with Crippen molar-refractivity contribution in [1.29, 1.82) is 0 Å². The summed E-state index contributed by atoms with van der Waals surface area (Å²) in [5.74, 6) is -5.20. The number of likely N-dealkylation sites (N-methyl/N-ethyl adjacent to an activating group) is 1. The second kappa shape index (κ2) is 30.2. The number of nitrogens with zero attached hydrogens (tertiary/aromatic N) is 3. The van der Waals surface area contributed by atoms with Gasteiger partial charge in [-0.25, -0.2) is 9.78 Å². The highest BCUT2D eigenvalue weighted by Gasteiger charge is 2.42. The van der Waals surface area contributed by atoms with Crippen molar-refractivity contribution in [2.45, 2.75) is 129 Å². The van der Waals surface area contributed by atoms with Gasteiger partial charge >= 0.3 is 6.09 Å². The number of aliphatic hydroxyl groups excluding tert-OH is 1. The first-order valence-corrected chi connectivity index (χ1v) is 25.5. The normalized spacial score (nSPS) is 16.3. The first kappa shape index (κ1) is 62.0. The molecule has 0 bridgehead atoms. The number of methoxy groups -OCH3 is 2. The van der Waals surface area contributed by atoms with Crippen molar-refractivity contribution in [3.63, 3.8) is 0 Å². The smallest absolute Gasteiger partial charge is 0.408 e. The Morgan fingerprint density at radius 2 is 1.57 bits per heavy atom. The standard InChI is InChI=1S/C49H77N11O13S/c1-11-29(4)42(35(71-9)21-39(64)60-19-12-13-34(60)43(72-10)30(5)44(66)54-24-38-51-18-20-74-38)59(8)40(65)25-55-47(69)49(6,7)58-48(70)73-27-31-14-16-32(17-15-31)56-36(62)22-53-46(68)41(28(2)3)57-37(63)23-52-45(67)33(50)26-61/h14-18,20,28-30,33-35,41-43,61H,11-13,19,21-27,50H2,1-10H3,(H,52,67)(H,53,68)(H,54,66)(H,55,69)(H,56,62)(H,57,63)(H,58,70)/t29-,30+,33+,34-,35+,41?,42-,43+/m0/s1. The minimum Gasteiger partial charge on any atom is -0.445 e. The number of aliphatic hydroxyl groups is 1. The zero-order valence-corrected chi connectivity index (χ0v) is 44.9. The number of rotatable bonds is 29. The number of thiazole rings is 1. The molecule has 1 aromatic heterocycles. The maximum absolute atomic E-state index is 14.1. The summed E-state index contributed by atoms with van der Waals surface area (Å²) in [7, 11) is 4.61. The molecular weight excluding hydrogens is 983 g/mol. The number of hydrogen-bond acceptors (Lipinski definition) is 16. The summed E-state index contributed by atoms with van der Waals surface area (Å²) in [4.78, 5) is 124. The van der Waals surface area contributed by atoms with E-state index in [1.807, 2.05) is 19.2 Å². The van der Waals surface area contributed by atoms with Crippen LogP contribution in [0.5, 0.6) is 0 Å². The fourth-order valence-corrected chi connectivity index (χ4v) is 8.85. The van der Waals surface area contributed by atoms with Gasteiger partial charge in [-0.15, -0.1) is 11.3 Å². The Bertz CT molecular complexity index is 2200. The molecule has 0 aliphatic carbocycles. The van der Waals surface area contributed by atoms with E-state index in [2.05, 4.69) is 42.2 Å². The number of anilines is 1. The van der Waals surface area contributed by atoms with Crippen LogP contribution in [0.15, 0.2) is 35.8 Å². The predicted octanol–water partition coefficient (Wildman–Crippen LogP) is 0.132. The molecule has 0 saturated carbocycles. The lowest BCUT2D eigenvalue weighted by Crippen LogP contribution is -2.57. The lowest BCUT2D eigenvalue weighted by Gasteiger charge is -2.39. The van der Waals surface area contributed by atoms with Gasteiger partial charge in [0.05, 0.1) is 69.4 Å². The number of hydrogen-bond donors (Lipinski definition) is 9. The molecule has 2 heterocycles. The van der Waals surface area contributed by atoms with Crippen molar-refractivity contribution in [3.8, 4) is 0 Å². The van der Waals surface area contributed by atoms with Crippen molar-refractivity contribution >= 4 is 70.4 Å². The fourth-order valence-electron chi connectivity index (χ4n) is 8.30. The van der Waals surface area contributed by atoms with E-state index >= 15 is 0 Å². The van der Waals surface area contributed by atoms with Crippen molar-refractivity contribution in [3.05, 3.63) is 46.4 Å². The Labute approximate surface area is 436 Å². The second-order valence-electron chi connectivity index (χ2n) is 19.1. The molecule has 2 aromatic rings. The van der Waals surface area contributed by atoms with Crippen molar-refractivity contribution in [2.24, 2.45) is 23.5 Å². The third-order valence-corrected chi connectivity index (χ3v) is 13.6. The van der Waals surface area contributed by atoms with Gasteiger partial charge in [-0.2, -0.15) is 0 Å². The van der Waals surface area contributed by atoms with Crippen LogP contribution in [0.25, 0.3) is 0 Å². The summed E-state index contributed by atoms with van der Waals surface area (Å²) in [6.45, 7) is 10.6. The predicted molar refractivity (Wildman–Crippen MR) is 273 cm³/mol. The molecule has 9 amide bonds. The van der Waals surface area contributed by atoms with E-state index in [9.17, 15) is 43.2 Å². The SMILES string of the molecule is CC[C@H](C)[C@@H]([C@@H](CC(=O)N1CCC[C@H]1[C@H](OC)[C@@H](C)C(=O)NCc1nccs1)OC)N(C)C(=O)CNC(=O)C(C)(C)NC(=O)OCc1ccc(NC(=O)CNC(=O)C(NC(=O)CNC(=O)[C@H](N)CO)C(C)C)cc1. The topological polar surface area (TPSA) is 331 Å². The summed E-state index contributed by atoms with van der Waals surface area (Å²) >= 11 is 1.44. The Hall–Kier alpha value is -6.28. The van der Waals surface area contributed by atoms with Gasteiger partial charge in [0.15, 0.2) is 0 Å². The second-order valence-corrected chi connectivity index (χ2v) is 20.0. The Morgan fingerprint density at radius 3 is 2.16 bits per heavy atom. The molecule has 24 nitrogen and oxygen atoms in total. The van der Waals surface area contributed by atoms with Crippen molar-refractivity contribution in [2.75, 3.05) is 59.4 Å². The number of amides is 9. The molecule has 74 heavy (non-hydrogen) atoms. The average Bonchev–Trinajstić information content (AvgIpc) is 4.09. The lowest BCUT2D eigenvalue weighted by molar-refractivity contribution is -0.145. The summed E-state index contributed by atoms with van der Waals surface area (Å²) in [6.07, 6.45) is 1.45. The van der Waals surface area contributed by atoms with Crippen LogP contribution in [-0.2, 0) is 65.7 Å². The quantitative estimate of drug-likeness (QED) is 0.0523. The van der Waals surface area contributed by atoms with Crippen LogP contribution < -0.4 is 43.0 Å². The molecule has 8 atom stereocenters. The van der Waals surface area contributed by atoms with Gasteiger partial charge in [-0.05, 0) is 56.2 Å². The van der Waals surface area contributed by atoms with Crippen LogP contribution in [-0.4, -0.2) is 169 Å². The first-order valence-electron chi connectivity index (χ1n) is 24.6. The molecule has 3 rings (SSSR count). The van der Waals surface area contributed by atoms with Gasteiger partial charge < -0.3 is 72.1 Å². The highest BCUT2D eigenvalue weighted by molar-refractivity contribution is 7.09. The van der Waals surface area contributed by atoms with E-state index in [1.54, 1.807) is 63.2 Å². The monoisotopic (exact) mass is 1060 g/mol. The number of likely N-dealkylation sites (tertiary alicyclic amines) is 1. The maximum Gasteiger partial charge on any atom is 0.408 e. The number of carbonyl (C=O) groups excluding carboxylic acids is 9. The number of nitrogens with two attached hydrogens (primary N) is 1. The third-order valence-electron chi connectivity index (χ3n) is 12.8. The molecule has 1 unspecified atom stereocenters. The summed E-state index contributed by atoms with van der Waals surface area (Å²) < 4.78 is 17.1. The Morgan fingerprint density at radius 1 is 0.905 bits per heavy atom. The molecular formula is C49H77N11O13S. The Balaban J connectivity index is 1.49. The number of carbonyl (C=O) groups is 9. The summed E-state index contributed by atoms with van der Waals surface area (Å²) in [6, 6.07) is 3.13. The van der Waals surface area contributed by atoms with Gasteiger partial charge in [0.2, 0.25) is 47.3 Å². The highest BCUT2D eigenvalue weighted by Crippen LogP contribution is 2.29. The molecule has 1 aliphatic heterocycles. The van der Waals surface area contributed by atoms with Crippen molar-refractivity contribution < 1.29 is 62.5 Å². The van der Waals surface area contributed by atoms with Crippen LogP contribution in [0, 0.1) is 17.8 Å². The molecule has 10 N–H and O–H groups in total. The molecule has 412 valence electrons. The zero-order chi connectivity index (χ0) is 55.3. The van der Waals surface area contributed by atoms with Crippen LogP contribution >= 0.6 is 11.3 Å². The molecule has 25 heteroatoms. The van der Waals surface area contributed by atoms with Crippen molar-refractivity contribution in [1.82, 2.24) is 46.7 Å². The molecule has 0 radical (unpaired) electrons. The van der Waals surface area contributed by atoms with Gasteiger partial charge in [0.25, 0.3) is 0 Å². The molecule has 1 fully saturated rings. The lowest BCUT2D eigenvalue weighted by atomic mass is 9.90. The molecule has 1 saturated heterocycles. The number of nitrogens with one attached hydrogen (secondary N) is 7. The van der Waals surface area contributed by atoms with E-state index in [-0.39, 0.29) is 42.7 Å². The van der Waals surface area contributed by atoms with Gasteiger partial charge in [-0.1, -0.05) is 53.2 Å². The minimum absolute atomic E-state index is 0.0467. The van der Waals surface area contributed by atoms with Gasteiger partial charge in [0, 0.05) is 45.1 Å². The third kappa shape index (κ3) is 18.9. The first-order chi connectivity index (χ1) is 35.0. The Kier molecular flexibility index (Phi) is 25.3. The van der Waals surface area contributed by atoms with Gasteiger partial charge in [0.1, 0.15) is 29.2 Å². The minimum atomic E-state index is -1.52. The molecule has 1 aromatic carbocycles. The molecule has 1 aliphatic rings. The number of ether oxygens (including phenoxy) is 3. The average molecular weight is 1060 g/mol. The number of aromatic nitrogens is 1. The summed E-state index contributed by atoms with van der Waals surface area (Å²) in [5, 5.41) is 29.5. The number of alkyl carbamates (subject to hydrolysis) is 1. The van der Waals surface area contributed by atoms with Crippen LogP contribution in [0.2, 0.25) is 0 Å². The number of benzene rings is 1. The van der Waals surface area contributed by atoms with E-state index in [1.165, 1.54) is 44.3 Å². The fraction of sp³-hybridized carbons (Fsp3) is 0.633. The van der Waals surface area contributed by atoms with E-state index in [4.69, 9.17) is 25.1 Å². The summed E-state index contributed by atoms with van der Waals surface area (Å²) in [5.41, 5.74) is 4.80. The van der Waals surface area contributed by atoms with E-state index in [0.717, 1.165) is 11.4 Å². The van der Waals surface area contributed by atoms with Crippen LogP contribution in [0.4, 0.5) is 10.5 Å². The van der Waals surface area contributed by atoms with E-state index < -0.39 is 110 Å². The zero-order valence-electron chi connectivity index (χ0n) is 44.1. The molecule has 0 spiro atoms. The maximum atomic E-state index is 14.1. The van der Waals surface area contributed by atoms with Gasteiger partial charge in [-0.3, -0.25) is 38.4 Å². The van der Waals surface area contributed by atoms with E-state index in [0.29, 0.717) is 37.2 Å².